The van der Waals surface area contributed by atoms with E-state index in [9.17, 15) is 4.79 Å². The molecule has 0 amide bonds. The zero-order valence-corrected chi connectivity index (χ0v) is 11.3. The maximum atomic E-state index is 11.4. The van der Waals surface area contributed by atoms with Gasteiger partial charge in [-0.15, -0.1) is 11.6 Å². The Morgan fingerprint density at radius 1 is 1.59 bits per heavy atom. The van der Waals surface area contributed by atoms with Gasteiger partial charge in [0.15, 0.2) is 11.5 Å². The fourth-order valence-corrected chi connectivity index (χ4v) is 1.96. The first-order valence-electron chi connectivity index (χ1n) is 5.78. The number of carbonyl (C=O) groups excluding carboxylic acids is 1. The van der Waals surface area contributed by atoms with Crippen LogP contribution in [-0.2, 0) is 14.3 Å². The lowest BCUT2D eigenvalue weighted by molar-refractivity contribution is -0.114. The van der Waals surface area contributed by atoms with E-state index in [-0.39, 0.29) is 11.7 Å². The van der Waals surface area contributed by atoms with E-state index in [2.05, 4.69) is 0 Å². The molecular formula is C13H19ClO3. The van der Waals surface area contributed by atoms with E-state index in [1.54, 1.807) is 20.1 Å². The number of hydrogen-bond acceptors (Lipinski definition) is 3. The minimum atomic E-state index is 0.0897. The summed E-state index contributed by atoms with van der Waals surface area (Å²) in [4.78, 5) is 11.4. The maximum absolute atomic E-state index is 11.4. The van der Waals surface area contributed by atoms with Crippen molar-refractivity contribution in [3.05, 3.63) is 23.2 Å². The summed E-state index contributed by atoms with van der Waals surface area (Å²) in [6.45, 7) is 4.18. The lowest BCUT2D eigenvalue weighted by atomic mass is 9.89. The van der Waals surface area contributed by atoms with Crippen molar-refractivity contribution in [2.45, 2.75) is 26.7 Å². The van der Waals surface area contributed by atoms with Crippen LogP contribution in [0.1, 0.15) is 26.7 Å². The minimum absolute atomic E-state index is 0.0897. The third-order valence-electron chi connectivity index (χ3n) is 2.76. The second-order valence-electron chi connectivity index (χ2n) is 4.14. The zero-order valence-electron chi connectivity index (χ0n) is 10.6. The van der Waals surface area contributed by atoms with E-state index < -0.39 is 0 Å². The Morgan fingerprint density at radius 2 is 2.29 bits per heavy atom. The average molecular weight is 259 g/mol. The molecule has 0 aromatic carbocycles. The van der Waals surface area contributed by atoms with Crippen molar-refractivity contribution < 1.29 is 14.3 Å². The first-order chi connectivity index (χ1) is 8.10. The molecule has 4 heteroatoms. The zero-order chi connectivity index (χ0) is 12.8. The maximum Gasteiger partial charge on any atom is 0.156 e. The normalized spacial score (nSPS) is 20.0. The van der Waals surface area contributed by atoms with Gasteiger partial charge in [-0.05, 0) is 25.3 Å². The first-order valence-corrected chi connectivity index (χ1v) is 6.32. The standard InChI is InChI=1S/C13H19ClO3/c1-9-7-13(17-6-4-5-14)12(16-3)8-11(9)10(2)15/h8-9H,4-7H2,1-3H3. The molecule has 0 bridgehead atoms. The molecule has 1 rings (SSSR count). The number of alkyl halides is 1. The summed E-state index contributed by atoms with van der Waals surface area (Å²) in [6, 6.07) is 0. The Hall–Kier alpha value is -0.960. The van der Waals surface area contributed by atoms with Crippen molar-refractivity contribution >= 4 is 17.4 Å². The SMILES string of the molecule is COC1=C(OCCCCl)CC(C)C(C(C)=O)=C1. The smallest absolute Gasteiger partial charge is 0.156 e. The number of ketones is 1. The molecule has 0 aliphatic heterocycles. The summed E-state index contributed by atoms with van der Waals surface area (Å²) in [7, 11) is 1.59. The molecule has 0 heterocycles. The molecule has 1 atom stereocenters. The van der Waals surface area contributed by atoms with Crippen LogP contribution in [0, 0.1) is 5.92 Å². The minimum Gasteiger partial charge on any atom is -0.494 e. The van der Waals surface area contributed by atoms with Gasteiger partial charge in [0.25, 0.3) is 0 Å². The highest BCUT2D eigenvalue weighted by atomic mass is 35.5. The van der Waals surface area contributed by atoms with Crippen LogP contribution < -0.4 is 0 Å². The van der Waals surface area contributed by atoms with Gasteiger partial charge in [0.2, 0.25) is 0 Å². The molecule has 0 saturated heterocycles. The highest BCUT2D eigenvalue weighted by Crippen LogP contribution is 2.30. The van der Waals surface area contributed by atoms with E-state index >= 15 is 0 Å². The monoisotopic (exact) mass is 258 g/mol. The van der Waals surface area contributed by atoms with Crippen LogP contribution >= 0.6 is 11.6 Å². The number of allylic oxidation sites excluding steroid dienone is 3. The quantitative estimate of drug-likeness (QED) is 0.543. The van der Waals surface area contributed by atoms with Gasteiger partial charge in [-0.3, -0.25) is 4.79 Å². The molecule has 3 nitrogen and oxygen atoms in total. The molecule has 0 N–H and O–H groups in total. The van der Waals surface area contributed by atoms with Crippen molar-refractivity contribution in [2.24, 2.45) is 5.92 Å². The summed E-state index contributed by atoms with van der Waals surface area (Å²) >= 11 is 5.60. The Morgan fingerprint density at radius 3 is 2.82 bits per heavy atom. The summed E-state index contributed by atoms with van der Waals surface area (Å²) in [5.41, 5.74) is 0.798. The molecule has 0 radical (unpaired) electrons. The lowest BCUT2D eigenvalue weighted by Crippen LogP contribution is -2.16. The Labute approximate surface area is 107 Å². The van der Waals surface area contributed by atoms with Gasteiger partial charge >= 0.3 is 0 Å². The van der Waals surface area contributed by atoms with Gasteiger partial charge in [0.05, 0.1) is 13.7 Å². The molecular weight excluding hydrogens is 240 g/mol. The van der Waals surface area contributed by atoms with Crippen LogP contribution in [0.15, 0.2) is 23.2 Å². The molecule has 17 heavy (non-hydrogen) atoms. The number of carbonyl (C=O) groups is 1. The fourth-order valence-electron chi connectivity index (χ4n) is 1.85. The average Bonchev–Trinajstić information content (AvgIpc) is 2.29. The van der Waals surface area contributed by atoms with E-state index in [0.717, 1.165) is 17.8 Å². The summed E-state index contributed by atoms with van der Waals surface area (Å²) in [5.74, 6) is 2.32. The fraction of sp³-hybridized carbons (Fsp3) is 0.615. The topological polar surface area (TPSA) is 35.5 Å². The first kappa shape index (κ1) is 14.1. The summed E-state index contributed by atoms with van der Waals surface area (Å²) in [5, 5.41) is 0. The Kier molecular flexibility index (Phi) is 5.56. The predicted molar refractivity (Wildman–Crippen MR) is 67.9 cm³/mol. The van der Waals surface area contributed by atoms with Gasteiger partial charge in [0, 0.05) is 17.9 Å². The van der Waals surface area contributed by atoms with Crippen molar-refractivity contribution in [3.63, 3.8) is 0 Å². The van der Waals surface area contributed by atoms with E-state index in [1.165, 1.54) is 0 Å². The molecule has 0 fully saturated rings. The summed E-state index contributed by atoms with van der Waals surface area (Å²) in [6.07, 6.45) is 3.29. The van der Waals surface area contributed by atoms with Crippen LogP contribution in [0.5, 0.6) is 0 Å². The van der Waals surface area contributed by atoms with Crippen LogP contribution in [0.2, 0.25) is 0 Å². The number of halogens is 1. The van der Waals surface area contributed by atoms with Gasteiger partial charge in [0.1, 0.15) is 5.76 Å². The van der Waals surface area contributed by atoms with E-state index in [1.807, 2.05) is 6.92 Å². The molecule has 0 aromatic rings. The highest BCUT2D eigenvalue weighted by Gasteiger charge is 2.24. The highest BCUT2D eigenvalue weighted by molar-refractivity contribution is 6.17. The lowest BCUT2D eigenvalue weighted by Gasteiger charge is -2.23. The van der Waals surface area contributed by atoms with E-state index in [0.29, 0.717) is 24.7 Å². The van der Waals surface area contributed by atoms with Crippen LogP contribution in [0.25, 0.3) is 0 Å². The van der Waals surface area contributed by atoms with Gasteiger partial charge in [-0.1, -0.05) is 6.92 Å². The van der Waals surface area contributed by atoms with Gasteiger partial charge in [-0.2, -0.15) is 0 Å². The number of rotatable bonds is 6. The van der Waals surface area contributed by atoms with Crippen LogP contribution in [0.3, 0.4) is 0 Å². The Balaban J connectivity index is 2.82. The molecule has 0 spiro atoms. The van der Waals surface area contributed by atoms with Crippen molar-refractivity contribution in [3.8, 4) is 0 Å². The largest absolute Gasteiger partial charge is 0.494 e. The van der Waals surface area contributed by atoms with Gasteiger partial charge in [-0.25, -0.2) is 0 Å². The number of methoxy groups -OCH3 is 1. The Bertz CT molecular complexity index is 345. The number of Topliss-reactive ketones (excluding diaryl/α,β-unsaturated/α-hetero) is 1. The predicted octanol–water partition coefficient (Wildman–Crippen LogP) is 3.05. The second-order valence-corrected chi connectivity index (χ2v) is 4.52. The molecule has 1 unspecified atom stereocenters. The summed E-state index contributed by atoms with van der Waals surface area (Å²) < 4.78 is 10.9. The van der Waals surface area contributed by atoms with Gasteiger partial charge < -0.3 is 9.47 Å². The number of hydrogen-bond donors (Lipinski definition) is 0. The second kappa shape index (κ2) is 6.70. The van der Waals surface area contributed by atoms with Crippen molar-refractivity contribution in [2.75, 3.05) is 19.6 Å². The van der Waals surface area contributed by atoms with Crippen LogP contribution in [0.4, 0.5) is 0 Å². The molecule has 1 aliphatic rings. The molecule has 1 aliphatic carbocycles. The number of ether oxygens (including phenoxy) is 2. The van der Waals surface area contributed by atoms with Crippen molar-refractivity contribution in [1.29, 1.82) is 0 Å². The molecule has 96 valence electrons. The third kappa shape index (κ3) is 3.77. The molecule has 0 aromatic heterocycles. The molecule has 0 saturated carbocycles. The van der Waals surface area contributed by atoms with Crippen LogP contribution in [-0.4, -0.2) is 25.4 Å². The van der Waals surface area contributed by atoms with Crippen molar-refractivity contribution in [1.82, 2.24) is 0 Å². The third-order valence-corrected chi connectivity index (χ3v) is 3.03. The van der Waals surface area contributed by atoms with E-state index in [4.69, 9.17) is 21.1 Å².